The highest BCUT2D eigenvalue weighted by molar-refractivity contribution is 7.22. The van der Waals surface area contributed by atoms with Crippen molar-refractivity contribution < 1.29 is 33.8 Å². The van der Waals surface area contributed by atoms with Gasteiger partial charge in [-0.25, -0.2) is 14.8 Å². The number of piperidine rings is 1. The van der Waals surface area contributed by atoms with Crippen LogP contribution in [-0.2, 0) is 39.8 Å². The minimum atomic E-state index is -1.13. The Morgan fingerprint density at radius 1 is 0.931 bits per heavy atom. The van der Waals surface area contributed by atoms with E-state index in [4.69, 9.17) is 9.72 Å². The Kier molecular flexibility index (Phi) is 13.1. The molecule has 3 aliphatic rings. The van der Waals surface area contributed by atoms with Gasteiger partial charge in [0.2, 0.25) is 17.7 Å². The van der Waals surface area contributed by atoms with E-state index < -0.39 is 17.3 Å². The minimum Gasteiger partial charge on any atom is -0.493 e. The molecule has 4 aromatic carbocycles. The topological polar surface area (TPSA) is 201 Å². The van der Waals surface area contributed by atoms with E-state index in [9.17, 15) is 29.1 Å². The zero-order valence-electron chi connectivity index (χ0n) is 41.0. The number of hydrogen-bond donors (Lipinski definition) is 4. The molecule has 2 saturated heterocycles. The van der Waals surface area contributed by atoms with Crippen LogP contribution in [0.1, 0.15) is 101 Å². The van der Waals surface area contributed by atoms with Gasteiger partial charge in [0.15, 0.2) is 10.8 Å². The van der Waals surface area contributed by atoms with Crippen molar-refractivity contribution in [2.24, 2.45) is 13.0 Å². The third-order valence-electron chi connectivity index (χ3n) is 14.2. The molecule has 6 heterocycles. The number of pyridine rings is 1. The van der Waals surface area contributed by atoms with Gasteiger partial charge in [-0.05, 0) is 127 Å². The van der Waals surface area contributed by atoms with Crippen molar-refractivity contribution in [3.05, 3.63) is 124 Å². The molecule has 0 bridgehead atoms. The van der Waals surface area contributed by atoms with E-state index in [0.717, 1.165) is 74.9 Å². The first kappa shape index (κ1) is 48.1. The number of carboxylic acids is 1. The Morgan fingerprint density at radius 3 is 2.54 bits per heavy atom. The third-order valence-corrected chi connectivity index (χ3v) is 15.1. The Morgan fingerprint density at radius 2 is 1.75 bits per heavy atom. The number of carboxylic acid groups (broad SMARTS) is 1. The Labute approximate surface area is 420 Å². The molecule has 2 atom stereocenters. The van der Waals surface area contributed by atoms with Crippen LogP contribution >= 0.6 is 11.3 Å². The molecule has 4 N–H and O–H groups in total. The maximum Gasteiger partial charge on any atom is 0.355 e. The summed E-state index contributed by atoms with van der Waals surface area (Å²) >= 11 is 1.43. The number of aromatic carboxylic acids is 1. The van der Waals surface area contributed by atoms with Crippen molar-refractivity contribution in [3.8, 4) is 16.9 Å². The van der Waals surface area contributed by atoms with E-state index in [-0.39, 0.29) is 42.3 Å². The predicted molar refractivity (Wildman–Crippen MR) is 278 cm³/mol. The van der Waals surface area contributed by atoms with Crippen LogP contribution in [0, 0.1) is 12.8 Å². The van der Waals surface area contributed by atoms with Crippen LogP contribution in [0.5, 0.6) is 5.75 Å². The van der Waals surface area contributed by atoms with Gasteiger partial charge in [0, 0.05) is 55.3 Å². The monoisotopic (exact) mass is 987 g/mol. The number of carbonyl (C=O) groups excluding carboxylic acids is 4. The van der Waals surface area contributed by atoms with Crippen molar-refractivity contribution in [2.75, 3.05) is 48.3 Å². The van der Waals surface area contributed by atoms with Gasteiger partial charge in [-0.2, -0.15) is 5.10 Å². The second-order valence-corrected chi connectivity index (χ2v) is 21.1. The number of thiazole rings is 1. The van der Waals surface area contributed by atoms with Gasteiger partial charge in [-0.3, -0.25) is 39.4 Å². The van der Waals surface area contributed by atoms with Gasteiger partial charge in [-0.15, -0.1) is 0 Å². The number of fused-ring (bicyclic) bond motifs is 3. The second kappa shape index (κ2) is 19.6. The molecule has 2 fully saturated rings. The van der Waals surface area contributed by atoms with Gasteiger partial charge >= 0.3 is 5.97 Å². The number of rotatable bonds is 13. The van der Waals surface area contributed by atoms with E-state index in [2.05, 4.69) is 56.6 Å². The number of hydrogen-bond acceptors (Lipinski definition) is 12. The van der Waals surface area contributed by atoms with Crippen molar-refractivity contribution >= 4 is 78.7 Å². The lowest BCUT2D eigenvalue weighted by molar-refractivity contribution is -0.134. The summed E-state index contributed by atoms with van der Waals surface area (Å²) in [5.74, 6) is -1.09. The number of ether oxygens (including phenoxy) is 1. The number of likely N-dealkylation sites (tertiary alicyclic amines) is 1. The van der Waals surface area contributed by atoms with Crippen molar-refractivity contribution in [1.29, 1.82) is 0 Å². The van der Waals surface area contributed by atoms with Gasteiger partial charge in [-0.1, -0.05) is 68.5 Å². The van der Waals surface area contributed by atoms with Gasteiger partial charge < -0.3 is 20.1 Å². The summed E-state index contributed by atoms with van der Waals surface area (Å²) in [6, 6.07) is 26.8. The van der Waals surface area contributed by atoms with Crippen molar-refractivity contribution in [2.45, 2.75) is 77.7 Å². The van der Waals surface area contributed by atoms with Crippen LogP contribution in [0.2, 0.25) is 0 Å². The first-order chi connectivity index (χ1) is 34.6. The quantitative estimate of drug-likeness (QED) is 0.0803. The highest BCUT2D eigenvalue weighted by atomic mass is 32.1. The highest BCUT2D eigenvalue weighted by Crippen LogP contribution is 2.42. The SMILES string of the molecule is Cc1c(OCC[C@H]2CCN(CC(=O)Nc3ccc4c(C5CCC(=O)NC5=O)nn(C)c4c3)C2)cccc1-c1c(C(C)(C)C)cc(N2CCc3cccc(C(=O)Nc4nc5ccccc5s4)c3C2)nc1C(=O)O. The maximum atomic E-state index is 13.8. The van der Waals surface area contributed by atoms with Crippen LogP contribution in [0.25, 0.3) is 32.2 Å². The van der Waals surface area contributed by atoms with Crippen molar-refractivity contribution in [3.63, 3.8) is 0 Å². The Hall–Kier alpha value is -7.50. The molecule has 3 aliphatic heterocycles. The number of anilines is 3. The summed E-state index contributed by atoms with van der Waals surface area (Å²) in [5, 5.41) is 25.3. The zero-order chi connectivity index (χ0) is 50.4. The number of benzene rings is 4. The van der Waals surface area contributed by atoms with Crippen LogP contribution in [0.15, 0.2) is 84.9 Å². The predicted octanol–water partition coefficient (Wildman–Crippen LogP) is 8.61. The average Bonchev–Trinajstić information content (AvgIpc) is 4.07. The molecule has 1 unspecified atom stereocenters. The number of aryl methyl sites for hydroxylation is 1. The highest BCUT2D eigenvalue weighted by Gasteiger charge is 2.33. The molecule has 10 rings (SSSR count). The number of amides is 4. The number of carbonyl (C=O) groups is 5. The summed E-state index contributed by atoms with van der Waals surface area (Å²) in [6.07, 6.45) is 3.04. The maximum absolute atomic E-state index is 13.8. The molecule has 0 spiro atoms. The lowest BCUT2D eigenvalue weighted by atomic mass is 9.80. The summed E-state index contributed by atoms with van der Waals surface area (Å²) in [7, 11) is 1.80. The van der Waals surface area contributed by atoms with E-state index >= 15 is 0 Å². The van der Waals surface area contributed by atoms with Crippen LogP contribution in [0.4, 0.5) is 16.6 Å². The van der Waals surface area contributed by atoms with Gasteiger partial charge in [0.1, 0.15) is 11.6 Å². The summed E-state index contributed by atoms with van der Waals surface area (Å²) in [5.41, 5.74) is 7.78. The molecule has 4 amide bonds. The summed E-state index contributed by atoms with van der Waals surface area (Å²) < 4.78 is 9.14. The summed E-state index contributed by atoms with van der Waals surface area (Å²) in [6.45, 7) is 11.4. The van der Waals surface area contributed by atoms with E-state index in [1.54, 1.807) is 11.7 Å². The molecule has 0 radical (unpaired) electrons. The smallest absolute Gasteiger partial charge is 0.355 e. The minimum absolute atomic E-state index is 0.0446. The third kappa shape index (κ3) is 9.78. The van der Waals surface area contributed by atoms with E-state index in [0.29, 0.717) is 77.7 Å². The standard InChI is InChI=1S/C55H57N9O7S/c1-31-35(11-9-14-43(31)71-25-22-32-20-23-63(28-32)30-47(66)56-34-16-17-37-42(26-34)62(5)61-49(37)38-18-19-46(65)59-52(38)68)48-40(55(2,3)4)27-45(58-50(48)53(69)70)64-24-21-33-10-8-12-36(39(33)29-64)51(67)60-54-57-41-13-6-7-15-44(41)72-54/h6-17,26-27,32,38H,18-25,28-30H2,1-5H3,(H,56,66)(H,69,70)(H,57,60,67)(H,59,65,68)/t32-,38?/m1/s1. The van der Waals surface area contributed by atoms with E-state index in [1.165, 1.54) is 11.3 Å². The second-order valence-electron chi connectivity index (χ2n) is 20.1. The van der Waals surface area contributed by atoms with Crippen LogP contribution in [0.3, 0.4) is 0 Å². The molecule has 16 nitrogen and oxygen atoms in total. The number of imide groups is 1. The van der Waals surface area contributed by atoms with E-state index in [1.807, 2.05) is 91.9 Å². The number of aromatic nitrogens is 4. The molecular formula is C55H57N9O7S. The summed E-state index contributed by atoms with van der Waals surface area (Å²) in [4.78, 5) is 78.4. The number of para-hydroxylation sites is 1. The Bertz CT molecular complexity index is 3290. The lowest BCUT2D eigenvalue weighted by Crippen LogP contribution is -2.39. The first-order valence-electron chi connectivity index (χ1n) is 24.4. The average molecular weight is 988 g/mol. The van der Waals surface area contributed by atoms with Crippen LogP contribution in [-0.4, -0.2) is 92.1 Å². The molecular weight excluding hydrogens is 931 g/mol. The van der Waals surface area contributed by atoms with Gasteiger partial charge in [0.25, 0.3) is 5.91 Å². The first-order valence-corrected chi connectivity index (χ1v) is 25.3. The van der Waals surface area contributed by atoms with Gasteiger partial charge in [0.05, 0.1) is 40.5 Å². The fourth-order valence-corrected chi connectivity index (χ4v) is 11.3. The molecule has 0 saturated carbocycles. The largest absolute Gasteiger partial charge is 0.493 e. The fraction of sp³-hybridized carbons (Fsp3) is 0.345. The molecule has 3 aromatic heterocycles. The number of nitrogens with zero attached hydrogens (tertiary/aromatic N) is 6. The van der Waals surface area contributed by atoms with Crippen molar-refractivity contribution in [1.82, 2.24) is 30.0 Å². The molecule has 370 valence electrons. The Balaban J connectivity index is 0.791. The zero-order valence-corrected chi connectivity index (χ0v) is 41.8. The van der Waals surface area contributed by atoms with Crippen LogP contribution < -0.4 is 25.6 Å². The lowest BCUT2D eigenvalue weighted by Gasteiger charge is -2.33. The normalized spacial score (nSPS) is 17.3. The molecule has 72 heavy (non-hydrogen) atoms. The molecule has 0 aliphatic carbocycles. The molecule has 7 aromatic rings. The molecule has 17 heteroatoms. The fourth-order valence-electron chi connectivity index (χ4n) is 10.4. The number of nitrogens with one attached hydrogen (secondary N) is 3.